The molecule has 1 N–H and O–H groups in total. The smallest absolute Gasteiger partial charge is 0.291 e. The van der Waals surface area contributed by atoms with Crippen LogP contribution in [0.5, 0.6) is 0 Å². The van der Waals surface area contributed by atoms with Gasteiger partial charge in [0.1, 0.15) is 0 Å². The average Bonchev–Trinajstić information content (AvgIpc) is 3.57. The van der Waals surface area contributed by atoms with Crippen LogP contribution < -0.4 is 5.32 Å². The third-order valence-corrected chi connectivity index (χ3v) is 5.55. The second-order valence-corrected chi connectivity index (χ2v) is 7.87. The maximum Gasteiger partial charge on any atom is 0.291 e. The van der Waals surface area contributed by atoms with Gasteiger partial charge in [-0.15, -0.1) is 0 Å². The molecule has 0 atom stereocenters. The van der Waals surface area contributed by atoms with E-state index in [2.05, 4.69) is 15.5 Å². The summed E-state index contributed by atoms with van der Waals surface area (Å²) >= 11 is 0. The van der Waals surface area contributed by atoms with Crippen LogP contribution in [0.2, 0.25) is 0 Å². The molecule has 0 bridgehead atoms. The van der Waals surface area contributed by atoms with E-state index in [0.29, 0.717) is 34.1 Å². The highest BCUT2D eigenvalue weighted by atomic mass is 16.5. The van der Waals surface area contributed by atoms with Gasteiger partial charge in [-0.25, -0.2) is 0 Å². The lowest BCUT2D eigenvalue weighted by molar-refractivity contribution is 0.0724. The quantitative estimate of drug-likeness (QED) is 0.473. The summed E-state index contributed by atoms with van der Waals surface area (Å²) in [5.74, 6) is 0.605. The summed E-state index contributed by atoms with van der Waals surface area (Å²) in [5.41, 5.74) is 2.55. The normalized spacial score (nSPS) is 13.6. The molecular formula is C25H22N4O4. The van der Waals surface area contributed by atoms with E-state index in [4.69, 9.17) is 8.94 Å². The third-order valence-electron chi connectivity index (χ3n) is 5.55. The molecule has 0 spiro atoms. The summed E-state index contributed by atoms with van der Waals surface area (Å²) in [5, 5.41) is 6.87. The van der Waals surface area contributed by atoms with Gasteiger partial charge >= 0.3 is 0 Å². The van der Waals surface area contributed by atoms with Gasteiger partial charge in [0.2, 0.25) is 5.82 Å². The Bertz CT molecular complexity index is 1270. The van der Waals surface area contributed by atoms with Crippen molar-refractivity contribution in [2.24, 2.45) is 0 Å². The topological polar surface area (TPSA) is 101 Å². The fourth-order valence-electron chi connectivity index (χ4n) is 3.86. The number of hydrogen-bond acceptors (Lipinski definition) is 6. The summed E-state index contributed by atoms with van der Waals surface area (Å²) in [6.07, 6.45) is 4.70. The molecule has 8 nitrogen and oxygen atoms in total. The molecule has 0 saturated carbocycles. The van der Waals surface area contributed by atoms with Crippen molar-refractivity contribution in [2.45, 2.75) is 19.3 Å². The number of nitrogens with one attached hydrogen (secondary N) is 1. The first kappa shape index (κ1) is 20.7. The number of piperidine rings is 1. The highest BCUT2D eigenvalue weighted by Gasteiger charge is 2.19. The lowest BCUT2D eigenvalue weighted by Crippen LogP contribution is -2.35. The molecule has 2 aromatic heterocycles. The minimum atomic E-state index is -0.349. The molecule has 1 fully saturated rings. The number of aromatic nitrogens is 2. The Morgan fingerprint density at radius 3 is 2.55 bits per heavy atom. The van der Waals surface area contributed by atoms with Crippen LogP contribution in [0.4, 0.5) is 5.69 Å². The molecule has 2 aromatic carbocycles. The van der Waals surface area contributed by atoms with Crippen LogP contribution in [0.3, 0.4) is 0 Å². The molecule has 2 amide bonds. The Labute approximate surface area is 190 Å². The second-order valence-electron chi connectivity index (χ2n) is 7.87. The van der Waals surface area contributed by atoms with Crippen LogP contribution in [-0.2, 0) is 0 Å². The molecule has 3 heterocycles. The van der Waals surface area contributed by atoms with E-state index in [1.807, 2.05) is 29.2 Å². The van der Waals surface area contributed by atoms with Crippen molar-refractivity contribution in [3.05, 3.63) is 78.3 Å². The second kappa shape index (κ2) is 9.12. The van der Waals surface area contributed by atoms with Crippen molar-refractivity contribution in [2.75, 3.05) is 18.4 Å². The van der Waals surface area contributed by atoms with E-state index in [1.165, 1.54) is 12.7 Å². The number of anilines is 1. The maximum atomic E-state index is 12.8. The molecule has 1 aliphatic heterocycles. The van der Waals surface area contributed by atoms with Gasteiger partial charge in [-0.1, -0.05) is 23.4 Å². The Morgan fingerprint density at radius 2 is 1.73 bits per heavy atom. The Kier molecular flexibility index (Phi) is 5.72. The SMILES string of the molecule is O=C(Nc1cccc(-c2nc(-c3cccc(C(=O)N4CCCCC4)c3)no2)c1)c1ccco1. The van der Waals surface area contributed by atoms with Gasteiger partial charge in [-0.3, -0.25) is 9.59 Å². The zero-order chi connectivity index (χ0) is 22.6. The number of carbonyl (C=O) groups excluding carboxylic acids is 2. The fraction of sp³-hybridized carbons (Fsp3) is 0.200. The van der Waals surface area contributed by atoms with Gasteiger partial charge in [0.15, 0.2) is 5.76 Å². The van der Waals surface area contributed by atoms with Crippen LogP contribution in [0.15, 0.2) is 75.9 Å². The number of rotatable bonds is 5. The van der Waals surface area contributed by atoms with Gasteiger partial charge in [0, 0.05) is 35.5 Å². The van der Waals surface area contributed by atoms with E-state index in [-0.39, 0.29) is 17.6 Å². The first-order valence-electron chi connectivity index (χ1n) is 10.9. The lowest BCUT2D eigenvalue weighted by Gasteiger charge is -2.26. The highest BCUT2D eigenvalue weighted by Crippen LogP contribution is 2.26. The number of benzene rings is 2. The number of hydrogen-bond donors (Lipinski definition) is 1. The predicted molar refractivity (Wildman–Crippen MR) is 122 cm³/mol. The number of amides is 2. The van der Waals surface area contributed by atoms with Crippen molar-refractivity contribution in [1.29, 1.82) is 0 Å². The minimum Gasteiger partial charge on any atom is -0.459 e. The van der Waals surface area contributed by atoms with Crippen molar-refractivity contribution in [1.82, 2.24) is 15.0 Å². The number of carbonyl (C=O) groups is 2. The van der Waals surface area contributed by atoms with Crippen LogP contribution in [-0.4, -0.2) is 39.9 Å². The molecular weight excluding hydrogens is 420 g/mol. The van der Waals surface area contributed by atoms with E-state index in [1.54, 1.807) is 36.4 Å². The standard InChI is InChI=1S/C25H22N4O4/c30-23(21-11-6-14-32-21)26-20-10-5-8-18(16-20)24-27-22(28-33-24)17-7-4-9-19(15-17)25(31)29-12-2-1-3-13-29/h4-11,14-16H,1-3,12-13H2,(H,26,30). The molecule has 8 heteroatoms. The minimum absolute atomic E-state index is 0.0280. The van der Waals surface area contributed by atoms with Gasteiger partial charge in [0.25, 0.3) is 17.7 Å². The predicted octanol–water partition coefficient (Wildman–Crippen LogP) is 4.88. The average molecular weight is 442 g/mol. The molecule has 5 rings (SSSR count). The van der Waals surface area contributed by atoms with Gasteiger partial charge in [-0.05, 0) is 61.7 Å². The zero-order valence-corrected chi connectivity index (χ0v) is 17.9. The third kappa shape index (κ3) is 4.55. The van der Waals surface area contributed by atoms with Gasteiger partial charge < -0.3 is 19.2 Å². The highest BCUT2D eigenvalue weighted by molar-refractivity contribution is 6.02. The van der Waals surface area contributed by atoms with Crippen LogP contribution in [0.1, 0.15) is 40.2 Å². The lowest BCUT2D eigenvalue weighted by atomic mass is 10.1. The largest absolute Gasteiger partial charge is 0.459 e. The number of furan rings is 1. The van der Waals surface area contributed by atoms with E-state index in [9.17, 15) is 9.59 Å². The summed E-state index contributed by atoms with van der Waals surface area (Å²) in [6, 6.07) is 17.6. The summed E-state index contributed by atoms with van der Waals surface area (Å²) in [4.78, 5) is 31.5. The first-order chi connectivity index (χ1) is 16.2. The molecule has 1 saturated heterocycles. The van der Waals surface area contributed by atoms with E-state index < -0.39 is 0 Å². The van der Waals surface area contributed by atoms with Crippen LogP contribution >= 0.6 is 0 Å². The van der Waals surface area contributed by atoms with Crippen LogP contribution in [0, 0.1) is 0 Å². The first-order valence-corrected chi connectivity index (χ1v) is 10.9. The molecule has 0 aliphatic carbocycles. The number of nitrogens with zero attached hydrogens (tertiary/aromatic N) is 3. The molecule has 166 valence electrons. The summed E-state index contributed by atoms with van der Waals surface area (Å²) in [7, 11) is 0. The van der Waals surface area contributed by atoms with Gasteiger partial charge in [-0.2, -0.15) is 4.98 Å². The Balaban J connectivity index is 1.34. The van der Waals surface area contributed by atoms with Crippen molar-refractivity contribution in [3.8, 4) is 22.8 Å². The van der Waals surface area contributed by atoms with Crippen LogP contribution in [0.25, 0.3) is 22.8 Å². The number of likely N-dealkylation sites (tertiary alicyclic amines) is 1. The van der Waals surface area contributed by atoms with E-state index in [0.717, 1.165) is 25.9 Å². The van der Waals surface area contributed by atoms with Crippen molar-refractivity contribution in [3.63, 3.8) is 0 Å². The molecule has 0 unspecified atom stereocenters. The maximum absolute atomic E-state index is 12.8. The molecule has 4 aromatic rings. The van der Waals surface area contributed by atoms with E-state index >= 15 is 0 Å². The zero-order valence-electron chi connectivity index (χ0n) is 17.9. The Hall–Kier alpha value is -4.20. The molecule has 1 aliphatic rings. The summed E-state index contributed by atoms with van der Waals surface area (Å²) < 4.78 is 10.6. The van der Waals surface area contributed by atoms with Gasteiger partial charge in [0.05, 0.1) is 6.26 Å². The molecule has 33 heavy (non-hydrogen) atoms. The van der Waals surface area contributed by atoms with Crippen molar-refractivity contribution < 1.29 is 18.5 Å². The molecule has 0 radical (unpaired) electrons. The fourth-order valence-corrected chi connectivity index (χ4v) is 3.86. The summed E-state index contributed by atoms with van der Waals surface area (Å²) in [6.45, 7) is 1.59. The van der Waals surface area contributed by atoms with Crippen molar-refractivity contribution >= 4 is 17.5 Å². The monoisotopic (exact) mass is 442 g/mol. The Morgan fingerprint density at radius 1 is 0.909 bits per heavy atom.